The molecule has 3 aromatic rings. The molecular formula is C26H33N3O3S. The van der Waals surface area contributed by atoms with Gasteiger partial charge in [0.05, 0.1) is 7.11 Å². The topological polar surface area (TPSA) is 76.5 Å². The van der Waals surface area contributed by atoms with E-state index in [4.69, 9.17) is 9.47 Å². The Morgan fingerprint density at radius 2 is 1.85 bits per heavy atom. The molecule has 6 nitrogen and oxygen atoms in total. The number of aromatic nitrogens is 2. The normalized spacial score (nSPS) is 12.8. The molecule has 0 amide bonds. The summed E-state index contributed by atoms with van der Waals surface area (Å²) in [4.78, 5) is 0. The second-order valence-electron chi connectivity index (χ2n) is 8.61. The van der Waals surface area contributed by atoms with Crippen LogP contribution in [0.25, 0.3) is 12.2 Å². The Kier molecular flexibility index (Phi) is 9.00. The summed E-state index contributed by atoms with van der Waals surface area (Å²) in [6.45, 7) is 6.91. The Hall–Kier alpha value is -2.74. The Morgan fingerprint density at radius 3 is 2.55 bits per heavy atom. The van der Waals surface area contributed by atoms with Gasteiger partial charge in [-0.15, -0.1) is 10.2 Å². The Morgan fingerprint density at radius 1 is 1.09 bits per heavy atom. The minimum absolute atomic E-state index is 0.110. The van der Waals surface area contributed by atoms with Gasteiger partial charge >= 0.3 is 0 Å². The lowest BCUT2D eigenvalue weighted by Crippen LogP contribution is -2.45. The molecule has 1 unspecified atom stereocenters. The van der Waals surface area contributed by atoms with Gasteiger partial charge in [-0.2, -0.15) is 0 Å². The number of β-amino-alcohol motifs (C(OH)–C–C–N with tert-alkyl or cyclic N) is 1. The number of aliphatic hydroxyl groups is 1. The van der Waals surface area contributed by atoms with E-state index in [-0.39, 0.29) is 12.1 Å². The van der Waals surface area contributed by atoms with E-state index in [9.17, 15) is 5.11 Å². The van der Waals surface area contributed by atoms with Gasteiger partial charge in [0.1, 0.15) is 34.2 Å². The molecule has 2 aromatic carbocycles. The highest BCUT2D eigenvalue weighted by Crippen LogP contribution is 2.22. The van der Waals surface area contributed by atoms with Crippen molar-refractivity contribution in [3.8, 4) is 11.5 Å². The van der Waals surface area contributed by atoms with Crippen molar-refractivity contribution in [2.24, 2.45) is 0 Å². The summed E-state index contributed by atoms with van der Waals surface area (Å²) in [5.74, 6) is 1.60. The largest absolute Gasteiger partial charge is 0.497 e. The second-order valence-corrected chi connectivity index (χ2v) is 9.82. The molecular weight excluding hydrogens is 434 g/mol. The number of hydrogen-bond acceptors (Lipinski definition) is 7. The number of nitrogens with zero attached hydrogens (tertiary/aromatic N) is 2. The molecule has 176 valence electrons. The van der Waals surface area contributed by atoms with Crippen molar-refractivity contribution in [1.29, 1.82) is 0 Å². The van der Waals surface area contributed by atoms with E-state index in [1.165, 1.54) is 5.56 Å². The molecule has 0 saturated carbocycles. The van der Waals surface area contributed by atoms with Crippen molar-refractivity contribution in [1.82, 2.24) is 15.5 Å². The molecule has 33 heavy (non-hydrogen) atoms. The number of aryl methyl sites for hydroxylation is 2. The van der Waals surface area contributed by atoms with Crippen LogP contribution in [0.5, 0.6) is 11.5 Å². The van der Waals surface area contributed by atoms with Gasteiger partial charge in [-0.25, -0.2) is 0 Å². The van der Waals surface area contributed by atoms with Crippen LogP contribution in [-0.4, -0.2) is 47.2 Å². The highest BCUT2D eigenvalue weighted by Gasteiger charge is 2.19. The molecule has 0 aliphatic carbocycles. The van der Waals surface area contributed by atoms with Gasteiger partial charge in [0.15, 0.2) is 0 Å². The van der Waals surface area contributed by atoms with Gasteiger partial charge in [-0.05, 0) is 69.5 Å². The lowest BCUT2D eigenvalue weighted by molar-refractivity contribution is 0.0981. The molecule has 2 N–H and O–H groups in total. The number of ether oxygens (including phenoxy) is 2. The van der Waals surface area contributed by atoms with Gasteiger partial charge in [0.25, 0.3) is 0 Å². The van der Waals surface area contributed by atoms with E-state index in [1.54, 1.807) is 18.4 Å². The summed E-state index contributed by atoms with van der Waals surface area (Å²) in [6, 6.07) is 15.9. The van der Waals surface area contributed by atoms with Gasteiger partial charge in [0, 0.05) is 17.6 Å². The fraction of sp³-hybridized carbons (Fsp3) is 0.385. The quantitative estimate of drug-likeness (QED) is 0.400. The lowest BCUT2D eigenvalue weighted by Gasteiger charge is -2.28. The summed E-state index contributed by atoms with van der Waals surface area (Å²) < 4.78 is 11.1. The van der Waals surface area contributed by atoms with Crippen molar-refractivity contribution in [3.63, 3.8) is 0 Å². The number of methoxy groups -OCH3 is 1. The van der Waals surface area contributed by atoms with Crippen LogP contribution >= 0.6 is 11.3 Å². The van der Waals surface area contributed by atoms with Crippen molar-refractivity contribution in [2.45, 2.75) is 45.3 Å². The standard InChI is InChI=1S/C26H33N3O3S/c1-19-28-29-25(33-19)14-11-21-7-5-6-8-24(21)32-18-22(30)17-27-26(2,3)16-15-20-9-12-23(31-4)13-10-20/h5-14,22,27,30H,15-18H2,1-4H3/b14-11-. The molecule has 1 atom stereocenters. The third-order valence-electron chi connectivity index (χ3n) is 5.31. The van der Waals surface area contributed by atoms with Gasteiger partial charge in [-0.3, -0.25) is 0 Å². The average Bonchev–Trinajstić information content (AvgIpc) is 3.24. The zero-order chi connectivity index (χ0) is 23.7. The predicted octanol–water partition coefficient (Wildman–Crippen LogP) is 4.77. The van der Waals surface area contributed by atoms with Crippen molar-refractivity contribution < 1.29 is 14.6 Å². The van der Waals surface area contributed by atoms with E-state index >= 15 is 0 Å². The first-order valence-electron chi connectivity index (χ1n) is 11.1. The maximum absolute atomic E-state index is 10.5. The van der Waals surface area contributed by atoms with E-state index in [1.807, 2.05) is 55.5 Å². The molecule has 0 bridgehead atoms. The third-order valence-corrected chi connectivity index (χ3v) is 6.12. The number of rotatable bonds is 12. The van der Waals surface area contributed by atoms with Crippen LogP contribution in [0, 0.1) is 6.92 Å². The monoisotopic (exact) mass is 467 g/mol. The molecule has 1 heterocycles. The van der Waals surface area contributed by atoms with E-state index in [0.29, 0.717) is 6.54 Å². The number of para-hydroxylation sites is 1. The smallest absolute Gasteiger partial charge is 0.140 e. The van der Waals surface area contributed by atoms with Crippen LogP contribution in [0.3, 0.4) is 0 Å². The van der Waals surface area contributed by atoms with Crippen LogP contribution in [0.15, 0.2) is 48.5 Å². The number of benzene rings is 2. The minimum Gasteiger partial charge on any atom is -0.497 e. The van der Waals surface area contributed by atoms with Crippen LogP contribution in [0.1, 0.15) is 41.4 Å². The van der Waals surface area contributed by atoms with E-state index in [0.717, 1.165) is 39.9 Å². The molecule has 0 aliphatic rings. The van der Waals surface area contributed by atoms with Crippen LogP contribution in [-0.2, 0) is 6.42 Å². The van der Waals surface area contributed by atoms with Gasteiger partial charge < -0.3 is 19.9 Å². The van der Waals surface area contributed by atoms with Gasteiger partial charge in [-0.1, -0.05) is 41.7 Å². The first-order chi connectivity index (χ1) is 15.8. The average molecular weight is 468 g/mol. The third kappa shape index (κ3) is 8.28. The summed E-state index contributed by atoms with van der Waals surface area (Å²) >= 11 is 1.54. The second kappa shape index (κ2) is 11.9. The Bertz CT molecular complexity index is 1030. The molecule has 0 saturated heterocycles. The predicted molar refractivity (Wildman–Crippen MR) is 135 cm³/mol. The summed E-state index contributed by atoms with van der Waals surface area (Å²) in [5, 5.41) is 23.9. The first kappa shape index (κ1) is 24.9. The lowest BCUT2D eigenvalue weighted by atomic mass is 9.95. The summed E-state index contributed by atoms with van der Waals surface area (Å²) in [6.07, 6.45) is 5.17. The Labute approximate surface area is 200 Å². The molecule has 1 aromatic heterocycles. The maximum Gasteiger partial charge on any atom is 0.140 e. The fourth-order valence-electron chi connectivity index (χ4n) is 3.27. The fourth-order valence-corrected chi connectivity index (χ4v) is 3.87. The molecule has 0 radical (unpaired) electrons. The zero-order valence-corrected chi connectivity index (χ0v) is 20.6. The minimum atomic E-state index is -0.617. The molecule has 0 aliphatic heterocycles. The Balaban J connectivity index is 1.45. The SMILES string of the molecule is COc1ccc(CCC(C)(C)NCC(O)COc2ccccc2/C=C\c2nnc(C)s2)cc1. The van der Waals surface area contributed by atoms with Crippen molar-refractivity contribution in [3.05, 3.63) is 69.7 Å². The van der Waals surface area contributed by atoms with Crippen LogP contribution < -0.4 is 14.8 Å². The first-order valence-corrected chi connectivity index (χ1v) is 11.9. The number of aliphatic hydroxyl groups excluding tert-OH is 1. The highest BCUT2D eigenvalue weighted by molar-refractivity contribution is 7.12. The van der Waals surface area contributed by atoms with Crippen LogP contribution in [0.2, 0.25) is 0 Å². The zero-order valence-electron chi connectivity index (χ0n) is 19.7. The van der Waals surface area contributed by atoms with Crippen molar-refractivity contribution in [2.75, 3.05) is 20.3 Å². The van der Waals surface area contributed by atoms with E-state index < -0.39 is 6.10 Å². The van der Waals surface area contributed by atoms with Crippen molar-refractivity contribution >= 4 is 23.5 Å². The molecule has 0 spiro atoms. The molecule has 3 rings (SSSR count). The summed E-state index contributed by atoms with van der Waals surface area (Å²) in [5.41, 5.74) is 2.09. The molecule has 0 fully saturated rings. The van der Waals surface area contributed by atoms with Gasteiger partial charge in [0.2, 0.25) is 0 Å². The highest BCUT2D eigenvalue weighted by atomic mass is 32.1. The summed E-state index contributed by atoms with van der Waals surface area (Å²) in [7, 11) is 1.67. The molecule has 7 heteroatoms. The number of nitrogens with one attached hydrogen (secondary N) is 1. The van der Waals surface area contributed by atoms with Crippen LogP contribution in [0.4, 0.5) is 0 Å². The number of hydrogen-bond donors (Lipinski definition) is 2. The maximum atomic E-state index is 10.5. The van der Waals surface area contributed by atoms with E-state index in [2.05, 4.69) is 41.5 Å².